The van der Waals surface area contributed by atoms with E-state index in [1.807, 2.05) is 13.8 Å². The third-order valence-electron chi connectivity index (χ3n) is 3.57. The van der Waals surface area contributed by atoms with Crippen molar-refractivity contribution in [3.05, 3.63) is 0 Å². The Hall–Kier alpha value is -1.10. The number of amides is 1. The second-order valence-electron chi connectivity index (χ2n) is 5.22. The number of rotatable bonds is 6. The number of aliphatic carboxylic acids is 1. The van der Waals surface area contributed by atoms with Crippen molar-refractivity contribution < 1.29 is 14.7 Å². The summed E-state index contributed by atoms with van der Waals surface area (Å²) in [6.45, 7) is 4.67. The SMILES string of the molecule is CCCC[C@H](NC(=O)C1(C)CCCCN1)C(=O)O. The van der Waals surface area contributed by atoms with Crippen LogP contribution in [0, 0.1) is 0 Å². The number of hydrogen-bond acceptors (Lipinski definition) is 3. The quantitative estimate of drug-likeness (QED) is 0.669. The average Bonchev–Trinajstić information content (AvgIpc) is 2.34. The van der Waals surface area contributed by atoms with Gasteiger partial charge in [-0.25, -0.2) is 4.79 Å². The number of hydrogen-bond donors (Lipinski definition) is 3. The molecule has 0 aromatic carbocycles. The molecule has 1 rings (SSSR count). The molecule has 5 nitrogen and oxygen atoms in total. The summed E-state index contributed by atoms with van der Waals surface area (Å²) in [6.07, 6.45) is 5.06. The monoisotopic (exact) mass is 256 g/mol. The van der Waals surface area contributed by atoms with Crippen LogP contribution >= 0.6 is 0 Å². The van der Waals surface area contributed by atoms with E-state index in [-0.39, 0.29) is 5.91 Å². The van der Waals surface area contributed by atoms with Gasteiger partial charge in [-0.15, -0.1) is 0 Å². The van der Waals surface area contributed by atoms with Gasteiger partial charge in [0.2, 0.25) is 5.91 Å². The molecule has 104 valence electrons. The zero-order valence-electron chi connectivity index (χ0n) is 11.3. The standard InChI is InChI=1S/C13H24N2O3/c1-3-4-7-10(11(16)17)15-12(18)13(2)8-5-6-9-14-13/h10,14H,3-9H2,1-2H3,(H,15,18)(H,16,17)/t10-,13?/m0/s1. The van der Waals surface area contributed by atoms with Gasteiger partial charge in [0.1, 0.15) is 6.04 Å². The van der Waals surface area contributed by atoms with Gasteiger partial charge in [0.15, 0.2) is 0 Å². The van der Waals surface area contributed by atoms with Crippen molar-refractivity contribution in [2.45, 2.75) is 64.0 Å². The highest BCUT2D eigenvalue weighted by atomic mass is 16.4. The number of carboxylic acids is 1. The Bertz CT molecular complexity index is 299. The highest BCUT2D eigenvalue weighted by Gasteiger charge is 2.36. The lowest BCUT2D eigenvalue weighted by atomic mass is 9.89. The summed E-state index contributed by atoms with van der Waals surface area (Å²) in [5.41, 5.74) is -0.613. The van der Waals surface area contributed by atoms with Crippen molar-refractivity contribution in [3.63, 3.8) is 0 Å². The fourth-order valence-electron chi connectivity index (χ4n) is 2.23. The number of piperidine rings is 1. The molecule has 1 aliphatic rings. The van der Waals surface area contributed by atoms with Crippen LogP contribution in [0.15, 0.2) is 0 Å². The van der Waals surface area contributed by atoms with E-state index in [9.17, 15) is 9.59 Å². The van der Waals surface area contributed by atoms with Crippen molar-refractivity contribution in [3.8, 4) is 0 Å². The molecule has 1 heterocycles. The molecule has 0 aliphatic carbocycles. The summed E-state index contributed by atoms with van der Waals surface area (Å²) >= 11 is 0. The fourth-order valence-corrected chi connectivity index (χ4v) is 2.23. The molecule has 1 saturated heterocycles. The first-order valence-corrected chi connectivity index (χ1v) is 6.78. The lowest BCUT2D eigenvalue weighted by molar-refractivity contribution is -0.143. The Kier molecular flexibility index (Phi) is 5.59. The Morgan fingerprint density at radius 2 is 2.17 bits per heavy atom. The molecule has 0 bridgehead atoms. The molecule has 5 heteroatoms. The largest absolute Gasteiger partial charge is 0.480 e. The van der Waals surface area contributed by atoms with Crippen LogP contribution in [0.5, 0.6) is 0 Å². The summed E-state index contributed by atoms with van der Waals surface area (Å²) in [4.78, 5) is 23.3. The molecular formula is C13H24N2O3. The maximum atomic E-state index is 12.2. The Labute approximate surface area is 108 Å². The van der Waals surface area contributed by atoms with E-state index in [0.29, 0.717) is 6.42 Å². The van der Waals surface area contributed by atoms with Crippen molar-refractivity contribution in [1.29, 1.82) is 0 Å². The number of nitrogens with one attached hydrogen (secondary N) is 2. The Balaban J connectivity index is 2.56. The van der Waals surface area contributed by atoms with Crippen molar-refractivity contribution >= 4 is 11.9 Å². The van der Waals surface area contributed by atoms with E-state index >= 15 is 0 Å². The molecule has 0 aromatic heterocycles. The zero-order valence-corrected chi connectivity index (χ0v) is 11.3. The van der Waals surface area contributed by atoms with Crippen LogP contribution in [-0.4, -0.2) is 35.1 Å². The Morgan fingerprint density at radius 3 is 2.67 bits per heavy atom. The van der Waals surface area contributed by atoms with Gasteiger partial charge in [0, 0.05) is 0 Å². The van der Waals surface area contributed by atoms with Crippen molar-refractivity contribution in [1.82, 2.24) is 10.6 Å². The van der Waals surface area contributed by atoms with E-state index in [2.05, 4.69) is 10.6 Å². The second-order valence-corrected chi connectivity index (χ2v) is 5.22. The number of carboxylic acid groups (broad SMARTS) is 1. The first-order chi connectivity index (χ1) is 8.49. The van der Waals surface area contributed by atoms with Gasteiger partial charge in [-0.3, -0.25) is 4.79 Å². The van der Waals surface area contributed by atoms with E-state index in [4.69, 9.17) is 5.11 Å². The highest BCUT2D eigenvalue weighted by Crippen LogP contribution is 2.19. The van der Waals surface area contributed by atoms with Gasteiger partial charge < -0.3 is 15.7 Å². The summed E-state index contributed by atoms with van der Waals surface area (Å²) in [5, 5.41) is 14.9. The van der Waals surface area contributed by atoms with Gasteiger partial charge in [0.25, 0.3) is 0 Å². The summed E-state index contributed by atoms with van der Waals surface area (Å²) < 4.78 is 0. The van der Waals surface area contributed by atoms with Crippen LogP contribution in [0.3, 0.4) is 0 Å². The molecule has 1 fully saturated rings. The maximum Gasteiger partial charge on any atom is 0.326 e. The normalized spacial score (nSPS) is 25.4. The maximum absolute atomic E-state index is 12.2. The molecule has 1 unspecified atom stereocenters. The predicted molar refractivity (Wildman–Crippen MR) is 69.4 cm³/mol. The smallest absolute Gasteiger partial charge is 0.326 e. The minimum Gasteiger partial charge on any atom is -0.480 e. The van der Waals surface area contributed by atoms with Gasteiger partial charge in [-0.2, -0.15) is 0 Å². The molecule has 1 aliphatic heterocycles. The topological polar surface area (TPSA) is 78.4 Å². The minimum atomic E-state index is -0.948. The lowest BCUT2D eigenvalue weighted by Crippen LogP contribution is -2.59. The Morgan fingerprint density at radius 1 is 1.44 bits per heavy atom. The van der Waals surface area contributed by atoms with Gasteiger partial charge in [-0.05, 0) is 39.2 Å². The van der Waals surface area contributed by atoms with E-state index in [0.717, 1.165) is 38.6 Å². The summed E-state index contributed by atoms with van der Waals surface area (Å²) in [6, 6.07) is -0.766. The predicted octanol–water partition coefficient (Wildman–Crippen LogP) is 1.28. The van der Waals surface area contributed by atoms with Crippen LogP contribution < -0.4 is 10.6 Å². The summed E-state index contributed by atoms with van der Waals surface area (Å²) in [7, 11) is 0. The van der Waals surface area contributed by atoms with Crippen molar-refractivity contribution in [2.75, 3.05) is 6.54 Å². The van der Waals surface area contributed by atoms with Crippen LogP contribution in [0.2, 0.25) is 0 Å². The molecule has 0 spiro atoms. The van der Waals surface area contributed by atoms with Crippen molar-refractivity contribution in [2.24, 2.45) is 0 Å². The molecule has 2 atom stereocenters. The third kappa shape index (κ3) is 3.98. The van der Waals surface area contributed by atoms with Crippen LogP contribution in [-0.2, 0) is 9.59 Å². The van der Waals surface area contributed by atoms with Gasteiger partial charge in [0.05, 0.1) is 5.54 Å². The molecule has 18 heavy (non-hydrogen) atoms. The molecule has 0 saturated carbocycles. The van der Waals surface area contributed by atoms with Crippen LogP contribution in [0.1, 0.15) is 52.4 Å². The van der Waals surface area contributed by atoms with E-state index < -0.39 is 17.6 Å². The summed E-state index contributed by atoms with van der Waals surface area (Å²) in [5.74, 6) is -1.14. The molecule has 0 aromatic rings. The second kappa shape index (κ2) is 6.73. The third-order valence-corrected chi connectivity index (χ3v) is 3.57. The fraction of sp³-hybridized carbons (Fsp3) is 0.846. The van der Waals surface area contributed by atoms with Gasteiger partial charge >= 0.3 is 5.97 Å². The first kappa shape index (κ1) is 15.0. The van der Waals surface area contributed by atoms with E-state index in [1.54, 1.807) is 0 Å². The molecule has 0 radical (unpaired) electrons. The number of unbranched alkanes of at least 4 members (excludes halogenated alkanes) is 1. The van der Waals surface area contributed by atoms with Crippen LogP contribution in [0.4, 0.5) is 0 Å². The van der Waals surface area contributed by atoms with Crippen LogP contribution in [0.25, 0.3) is 0 Å². The number of carbonyl (C=O) groups excluding carboxylic acids is 1. The average molecular weight is 256 g/mol. The first-order valence-electron chi connectivity index (χ1n) is 6.78. The number of carbonyl (C=O) groups is 2. The highest BCUT2D eigenvalue weighted by molar-refractivity contribution is 5.89. The zero-order chi connectivity index (χ0) is 13.6. The molecular weight excluding hydrogens is 232 g/mol. The van der Waals surface area contributed by atoms with Gasteiger partial charge in [-0.1, -0.05) is 19.8 Å². The molecule has 1 amide bonds. The molecule has 3 N–H and O–H groups in total. The lowest BCUT2D eigenvalue weighted by Gasteiger charge is -2.34. The minimum absolute atomic E-state index is 0.189. The van der Waals surface area contributed by atoms with E-state index in [1.165, 1.54) is 0 Å².